The lowest BCUT2D eigenvalue weighted by molar-refractivity contribution is 0.269. The average molecular weight is 515 g/mol. The second kappa shape index (κ2) is 20.8. The molecule has 1 saturated heterocycles. The topological polar surface area (TPSA) is 29.3 Å². The van der Waals surface area contributed by atoms with Crippen LogP contribution in [0.15, 0.2) is 30.6 Å². The first kappa shape index (κ1) is 34.8. The normalized spacial score (nSPS) is 13.8. The van der Waals surface area contributed by atoms with Gasteiger partial charge in [-0.1, -0.05) is 80.3 Å². The molecule has 1 fully saturated rings. The van der Waals surface area contributed by atoms with Crippen LogP contribution < -0.4 is 5.73 Å². The van der Waals surface area contributed by atoms with Crippen molar-refractivity contribution in [1.29, 1.82) is 0 Å². The highest BCUT2D eigenvalue weighted by Gasteiger charge is 2.18. The Morgan fingerprint density at radius 1 is 0.889 bits per heavy atom. The minimum atomic E-state index is 0.583. The first-order valence-electron chi connectivity index (χ1n) is 14.5. The fourth-order valence-electron chi connectivity index (χ4n) is 4.95. The molecule has 0 aromatic heterocycles. The van der Waals surface area contributed by atoms with Gasteiger partial charge in [-0.25, -0.2) is 0 Å². The standard InChI is InChI=1S/C19H27P.C11H25N.C3H7N/c1-7-16-13(5)17(8-2)19(12(3)4)14(6)18(16)10-9-15-11-20-15;1-4-7-8-11-12(9-5-2)10-6-3;1-2-3-4/h9,20H,3,7-8,10-11H2,1-2,4-6H3;4-11H2,1-3H3;2H,1,3-4H2/b15-9+;;. The SMILES string of the molecule is C=C(C)c1c(C)c(C/C=C2\CP2)c(CC)c(C)c1CC.C=CCN.CCCCCN(CCC)CCC. The molecule has 3 heteroatoms. The predicted molar refractivity (Wildman–Crippen MR) is 170 cm³/mol. The van der Waals surface area contributed by atoms with Crippen LogP contribution in [-0.4, -0.2) is 37.2 Å². The summed E-state index contributed by atoms with van der Waals surface area (Å²) in [7, 11) is 1.10. The zero-order chi connectivity index (χ0) is 27.5. The third-order valence-electron chi connectivity index (χ3n) is 6.79. The first-order chi connectivity index (χ1) is 17.3. The van der Waals surface area contributed by atoms with Crippen molar-refractivity contribution in [1.82, 2.24) is 4.90 Å². The number of allylic oxidation sites excluding steroid dienone is 3. The van der Waals surface area contributed by atoms with Crippen molar-refractivity contribution in [3.63, 3.8) is 0 Å². The van der Waals surface area contributed by atoms with E-state index in [-0.39, 0.29) is 0 Å². The van der Waals surface area contributed by atoms with E-state index in [1.165, 1.54) is 85.7 Å². The Labute approximate surface area is 227 Å². The van der Waals surface area contributed by atoms with E-state index in [0.717, 1.165) is 27.8 Å². The molecule has 1 aromatic carbocycles. The van der Waals surface area contributed by atoms with Crippen molar-refractivity contribution in [2.45, 2.75) is 107 Å². The van der Waals surface area contributed by atoms with Gasteiger partial charge in [0.1, 0.15) is 0 Å². The summed E-state index contributed by atoms with van der Waals surface area (Å²) in [5.74, 6) is 0. The number of benzene rings is 1. The quantitative estimate of drug-likeness (QED) is 0.152. The minimum Gasteiger partial charge on any atom is -0.327 e. The summed E-state index contributed by atoms with van der Waals surface area (Å²) < 4.78 is 0. The van der Waals surface area contributed by atoms with Crippen LogP contribution in [0.4, 0.5) is 0 Å². The van der Waals surface area contributed by atoms with Crippen LogP contribution in [-0.2, 0) is 19.3 Å². The van der Waals surface area contributed by atoms with Crippen molar-refractivity contribution in [2.75, 3.05) is 32.3 Å². The van der Waals surface area contributed by atoms with E-state index >= 15 is 0 Å². The van der Waals surface area contributed by atoms with Crippen molar-refractivity contribution in [3.8, 4) is 0 Å². The first-order valence-corrected chi connectivity index (χ1v) is 15.7. The maximum Gasteiger partial charge on any atom is 0.0104 e. The molecule has 0 amide bonds. The van der Waals surface area contributed by atoms with E-state index in [4.69, 9.17) is 5.73 Å². The van der Waals surface area contributed by atoms with E-state index < -0.39 is 0 Å². The Hall–Kier alpha value is -1.21. The van der Waals surface area contributed by atoms with Gasteiger partial charge in [0, 0.05) is 6.54 Å². The predicted octanol–water partition coefficient (Wildman–Crippen LogP) is 9.01. The number of unbranched alkanes of at least 4 members (excludes halogenated alkanes) is 2. The summed E-state index contributed by atoms with van der Waals surface area (Å²) in [6, 6.07) is 0. The lowest BCUT2D eigenvalue weighted by Crippen LogP contribution is -2.26. The van der Waals surface area contributed by atoms with Crippen LogP contribution in [0.5, 0.6) is 0 Å². The molecule has 2 N–H and O–H groups in total. The highest BCUT2D eigenvalue weighted by atomic mass is 31.1. The van der Waals surface area contributed by atoms with E-state index in [1.54, 1.807) is 22.5 Å². The zero-order valence-corrected chi connectivity index (χ0v) is 26.3. The number of nitrogens with zero attached hydrogens (tertiary/aromatic N) is 1. The second-order valence-corrected chi connectivity index (χ2v) is 11.3. The van der Waals surface area contributed by atoms with Gasteiger partial charge in [-0.2, -0.15) is 0 Å². The van der Waals surface area contributed by atoms with Crippen LogP contribution in [0.25, 0.3) is 5.57 Å². The third-order valence-corrected chi connectivity index (χ3v) is 7.76. The Balaban J connectivity index is 0.000000653. The van der Waals surface area contributed by atoms with Crippen LogP contribution in [0.2, 0.25) is 0 Å². The van der Waals surface area contributed by atoms with E-state index in [2.05, 4.69) is 79.5 Å². The number of hydrogen-bond acceptors (Lipinski definition) is 2. The molecule has 1 unspecified atom stereocenters. The van der Waals surface area contributed by atoms with Gasteiger partial charge >= 0.3 is 0 Å². The highest BCUT2D eigenvalue weighted by molar-refractivity contribution is 7.53. The number of hydrogen-bond donors (Lipinski definition) is 1. The summed E-state index contributed by atoms with van der Waals surface area (Å²) in [4.78, 5) is 2.59. The lowest BCUT2D eigenvalue weighted by Gasteiger charge is -2.23. The molecule has 0 radical (unpaired) electrons. The molecular formula is C33H59N2P. The van der Waals surface area contributed by atoms with Gasteiger partial charge in [0.15, 0.2) is 0 Å². The van der Waals surface area contributed by atoms with Gasteiger partial charge in [-0.15, -0.1) is 6.58 Å². The summed E-state index contributed by atoms with van der Waals surface area (Å²) in [6.45, 7) is 30.2. The molecular weight excluding hydrogens is 455 g/mol. The third kappa shape index (κ3) is 12.8. The fourth-order valence-corrected chi connectivity index (χ4v) is 5.44. The molecule has 206 valence electrons. The van der Waals surface area contributed by atoms with Gasteiger partial charge in [0.05, 0.1) is 0 Å². The van der Waals surface area contributed by atoms with Crippen molar-refractivity contribution in [3.05, 3.63) is 64.0 Å². The summed E-state index contributed by atoms with van der Waals surface area (Å²) >= 11 is 0. The molecule has 1 aromatic rings. The van der Waals surface area contributed by atoms with Crippen LogP contribution in [0, 0.1) is 13.8 Å². The van der Waals surface area contributed by atoms with Gasteiger partial charge in [0.2, 0.25) is 0 Å². The lowest BCUT2D eigenvalue weighted by atomic mass is 9.82. The number of nitrogens with two attached hydrogens (primary N) is 1. The Bertz CT molecular complexity index is 795. The highest BCUT2D eigenvalue weighted by Crippen LogP contribution is 2.44. The van der Waals surface area contributed by atoms with Crippen molar-refractivity contribution >= 4 is 14.2 Å². The van der Waals surface area contributed by atoms with E-state index in [0.29, 0.717) is 6.54 Å². The molecule has 0 spiro atoms. The summed E-state index contributed by atoms with van der Waals surface area (Å²) in [5.41, 5.74) is 15.2. The number of rotatable bonds is 14. The Morgan fingerprint density at radius 2 is 1.44 bits per heavy atom. The minimum absolute atomic E-state index is 0.583. The maximum atomic E-state index is 4.91. The van der Waals surface area contributed by atoms with Gasteiger partial charge in [-0.3, -0.25) is 0 Å². The molecule has 1 heterocycles. The fraction of sp³-hybridized carbons (Fsp3) is 0.636. The van der Waals surface area contributed by atoms with Crippen LogP contribution >= 0.6 is 8.58 Å². The molecule has 0 aliphatic carbocycles. The van der Waals surface area contributed by atoms with Crippen LogP contribution in [0.3, 0.4) is 0 Å². The summed E-state index contributed by atoms with van der Waals surface area (Å²) in [6.07, 6.45) is 15.5. The van der Waals surface area contributed by atoms with Crippen LogP contribution in [0.1, 0.15) is 107 Å². The molecule has 2 rings (SSSR count). The summed E-state index contributed by atoms with van der Waals surface area (Å²) in [5, 5.41) is 1.67. The average Bonchev–Trinajstić information content (AvgIpc) is 3.69. The van der Waals surface area contributed by atoms with Crippen molar-refractivity contribution < 1.29 is 0 Å². The molecule has 1 atom stereocenters. The largest absolute Gasteiger partial charge is 0.327 e. The van der Waals surface area contributed by atoms with Gasteiger partial charge < -0.3 is 10.6 Å². The molecule has 1 aliphatic heterocycles. The van der Waals surface area contributed by atoms with Gasteiger partial charge in [-0.05, 0) is 124 Å². The Kier molecular flexibility index (Phi) is 20.1. The van der Waals surface area contributed by atoms with E-state index in [1.807, 2.05) is 0 Å². The molecule has 36 heavy (non-hydrogen) atoms. The molecule has 1 aliphatic rings. The smallest absolute Gasteiger partial charge is 0.0104 e. The van der Waals surface area contributed by atoms with Crippen molar-refractivity contribution in [2.24, 2.45) is 5.73 Å². The Morgan fingerprint density at radius 3 is 1.83 bits per heavy atom. The maximum absolute atomic E-state index is 4.91. The molecule has 0 bridgehead atoms. The molecule has 2 nitrogen and oxygen atoms in total. The van der Waals surface area contributed by atoms with E-state index in [9.17, 15) is 0 Å². The van der Waals surface area contributed by atoms with Gasteiger partial charge in [0.25, 0.3) is 0 Å². The monoisotopic (exact) mass is 514 g/mol. The zero-order valence-electron chi connectivity index (χ0n) is 25.3. The second-order valence-electron chi connectivity index (χ2n) is 9.91. The molecule has 0 saturated carbocycles.